The smallest absolute Gasteiger partial charge is 0.266 e. The molecule has 0 radical (unpaired) electrons. The molecule has 3 N–H and O–H groups in total. The van der Waals surface area contributed by atoms with Gasteiger partial charge in [0.25, 0.3) is 5.91 Å². The summed E-state index contributed by atoms with van der Waals surface area (Å²) in [4.78, 5) is 19.3. The lowest BCUT2D eigenvalue weighted by molar-refractivity contribution is 0.0952. The lowest BCUT2D eigenvalue weighted by Gasteiger charge is -2.29. The SMILES string of the molecule is CCN1CCc2nc3ccc(Cl)cc3c(C(=O)NN)c2C1. The summed E-state index contributed by atoms with van der Waals surface area (Å²) in [6.45, 7) is 4.72. The summed E-state index contributed by atoms with van der Waals surface area (Å²) < 4.78 is 0. The highest BCUT2D eigenvalue weighted by Crippen LogP contribution is 2.29. The number of likely N-dealkylation sites (N-methyl/N-ethyl adjacent to an activating group) is 1. The molecule has 1 aliphatic rings. The minimum Gasteiger partial charge on any atom is -0.299 e. The van der Waals surface area contributed by atoms with Gasteiger partial charge in [0.2, 0.25) is 0 Å². The molecule has 0 saturated carbocycles. The van der Waals surface area contributed by atoms with Crippen LogP contribution < -0.4 is 11.3 Å². The van der Waals surface area contributed by atoms with Crippen LogP contribution in [0, 0.1) is 0 Å². The minimum atomic E-state index is -0.293. The Morgan fingerprint density at radius 1 is 1.52 bits per heavy atom. The number of halogens is 1. The number of fused-ring (bicyclic) bond motifs is 2. The van der Waals surface area contributed by atoms with E-state index in [9.17, 15) is 4.79 Å². The molecule has 6 heteroatoms. The van der Waals surface area contributed by atoms with Crippen molar-refractivity contribution in [3.05, 3.63) is 40.0 Å². The minimum absolute atomic E-state index is 0.293. The van der Waals surface area contributed by atoms with E-state index in [2.05, 4.69) is 17.2 Å². The lowest BCUT2D eigenvalue weighted by atomic mass is 9.95. The largest absolute Gasteiger partial charge is 0.299 e. The van der Waals surface area contributed by atoms with Crippen LogP contribution in [0.4, 0.5) is 0 Å². The zero-order valence-corrected chi connectivity index (χ0v) is 12.6. The fourth-order valence-corrected chi connectivity index (χ4v) is 3.04. The maximum absolute atomic E-state index is 12.3. The average Bonchev–Trinajstić information content (AvgIpc) is 2.51. The third-order valence-electron chi connectivity index (χ3n) is 3.99. The van der Waals surface area contributed by atoms with Crippen molar-refractivity contribution in [1.82, 2.24) is 15.3 Å². The number of nitrogens with zero attached hydrogens (tertiary/aromatic N) is 2. The number of amides is 1. The van der Waals surface area contributed by atoms with Crippen LogP contribution in [0.2, 0.25) is 5.02 Å². The molecule has 0 spiro atoms. The monoisotopic (exact) mass is 304 g/mol. The van der Waals surface area contributed by atoms with Crippen LogP contribution in [0.15, 0.2) is 18.2 Å². The molecular formula is C15H17ClN4O. The van der Waals surface area contributed by atoms with Crippen LogP contribution in [0.3, 0.4) is 0 Å². The molecule has 2 heterocycles. The van der Waals surface area contributed by atoms with Crippen molar-refractivity contribution in [3.8, 4) is 0 Å². The molecule has 0 atom stereocenters. The molecule has 1 amide bonds. The van der Waals surface area contributed by atoms with Gasteiger partial charge in [-0.25, -0.2) is 5.84 Å². The first-order valence-corrected chi connectivity index (χ1v) is 7.36. The molecule has 3 rings (SSSR count). The number of aromatic nitrogens is 1. The number of hydrogen-bond donors (Lipinski definition) is 2. The van der Waals surface area contributed by atoms with Crippen molar-refractivity contribution < 1.29 is 4.79 Å². The number of nitrogens with two attached hydrogens (primary N) is 1. The summed E-state index contributed by atoms with van der Waals surface area (Å²) in [7, 11) is 0. The molecule has 1 aromatic carbocycles. The second-order valence-electron chi connectivity index (χ2n) is 5.17. The molecular weight excluding hydrogens is 288 g/mol. The molecule has 1 aliphatic heterocycles. The summed E-state index contributed by atoms with van der Waals surface area (Å²) in [5.74, 6) is 5.07. The molecule has 0 fully saturated rings. The standard InChI is InChI=1S/C15H17ClN4O/c1-2-20-6-5-13-11(8-20)14(15(21)19-17)10-7-9(16)3-4-12(10)18-13/h3-4,7H,2,5-6,8,17H2,1H3,(H,19,21). The zero-order chi connectivity index (χ0) is 15.0. The Morgan fingerprint density at radius 3 is 3.05 bits per heavy atom. The average molecular weight is 305 g/mol. The summed E-state index contributed by atoms with van der Waals surface area (Å²) in [5.41, 5.74) is 5.56. The Labute approximate surface area is 128 Å². The fraction of sp³-hybridized carbons (Fsp3) is 0.333. The van der Waals surface area contributed by atoms with Gasteiger partial charge < -0.3 is 0 Å². The fourth-order valence-electron chi connectivity index (χ4n) is 2.87. The molecule has 0 unspecified atom stereocenters. The maximum atomic E-state index is 12.3. The topological polar surface area (TPSA) is 71.2 Å². The Balaban J connectivity index is 2.29. The van der Waals surface area contributed by atoms with Crippen LogP contribution in [0.25, 0.3) is 10.9 Å². The number of nitrogens with one attached hydrogen (secondary N) is 1. The highest BCUT2D eigenvalue weighted by atomic mass is 35.5. The van der Waals surface area contributed by atoms with E-state index >= 15 is 0 Å². The van der Waals surface area contributed by atoms with Crippen LogP contribution in [0.5, 0.6) is 0 Å². The van der Waals surface area contributed by atoms with Gasteiger partial charge in [-0.05, 0) is 24.7 Å². The van der Waals surface area contributed by atoms with E-state index in [0.717, 1.165) is 41.7 Å². The van der Waals surface area contributed by atoms with E-state index in [4.69, 9.17) is 22.4 Å². The van der Waals surface area contributed by atoms with Gasteiger partial charge in [-0.2, -0.15) is 0 Å². The van der Waals surface area contributed by atoms with E-state index in [1.807, 2.05) is 6.07 Å². The van der Waals surface area contributed by atoms with Gasteiger partial charge in [0.1, 0.15) is 0 Å². The number of nitrogen functional groups attached to an aromatic ring is 1. The van der Waals surface area contributed by atoms with E-state index < -0.39 is 0 Å². The van der Waals surface area contributed by atoms with Gasteiger partial charge in [0.05, 0.1) is 11.1 Å². The van der Waals surface area contributed by atoms with Gasteiger partial charge in [0, 0.05) is 41.2 Å². The number of carbonyl (C=O) groups excluding carboxylic acids is 1. The van der Waals surface area contributed by atoms with Crippen molar-refractivity contribution in [2.75, 3.05) is 13.1 Å². The highest BCUT2D eigenvalue weighted by molar-refractivity contribution is 6.31. The highest BCUT2D eigenvalue weighted by Gasteiger charge is 2.25. The van der Waals surface area contributed by atoms with Gasteiger partial charge in [-0.3, -0.25) is 20.1 Å². The second kappa shape index (κ2) is 5.60. The predicted molar refractivity (Wildman–Crippen MR) is 83.1 cm³/mol. The van der Waals surface area contributed by atoms with Gasteiger partial charge in [-0.15, -0.1) is 0 Å². The van der Waals surface area contributed by atoms with E-state index in [1.165, 1.54) is 0 Å². The number of hydrogen-bond acceptors (Lipinski definition) is 4. The molecule has 1 aromatic heterocycles. The first-order valence-electron chi connectivity index (χ1n) is 6.98. The van der Waals surface area contributed by atoms with Crippen LogP contribution in [0.1, 0.15) is 28.5 Å². The first kappa shape index (κ1) is 14.3. The van der Waals surface area contributed by atoms with Crippen molar-refractivity contribution >= 4 is 28.4 Å². The molecule has 0 saturated heterocycles. The number of hydrazine groups is 1. The third-order valence-corrected chi connectivity index (χ3v) is 4.22. The number of benzene rings is 1. The van der Waals surface area contributed by atoms with Gasteiger partial charge >= 0.3 is 0 Å². The molecule has 110 valence electrons. The number of carbonyl (C=O) groups is 1. The van der Waals surface area contributed by atoms with E-state index in [-0.39, 0.29) is 5.91 Å². The summed E-state index contributed by atoms with van der Waals surface area (Å²) >= 11 is 6.08. The third kappa shape index (κ3) is 2.48. The number of rotatable bonds is 2. The van der Waals surface area contributed by atoms with Crippen LogP contribution in [-0.4, -0.2) is 28.9 Å². The van der Waals surface area contributed by atoms with E-state index in [1.54, 1.807) is 12.1 Å². The van der Waals surface area contributed by atoms with Crippen molar-refractivity contribution in [3.63, 3.8) is 0 Å². The van der Waals surface area contributed by atoms with Crippen molar-refractivity contribution in [2.24, 2.45) is 5.84 Å². The Morgan fingerprint density at radius 2 is 2.33 bits per heavy atom. The summed E-state index contributed by atoms with van der Waals surface area (Å²) in [6.07, 6.45) is 0.840. The molecule has 0 aliphatic carbocycles. The molecule has 0 bridgehead atoms. The van der Waals surface area contributed by atoms with Crippen molar-refractivity contribution in [2.45, 2.75) is 19.9 Å². The molecule has 2 aromatic rings. The second-order valence-corrected chi connectivity index (χ2v) is 5.60. The van der Waals surface area contributed by atoms with Crippen LogP contribution in [-0.2, 0) is 13.0 Å². The summed E-state index contributed by atoms with van der Waals surface area (Å²) in [6, 6.07) is 5.41. The molecule has 21 heavy (non-hydrogen) atoms. The normalized spacial score (nSPS) is 15.0. The van der Waals surface area contributed by atoms with E-state index in [0.29, 0.717) is 17.1 Å². The Kier molecular flexibility index (Phi) is 3.80. The Hall–Kier alpha value is -1.69. The van der Waals surface area contributed by atoms with Crippen LogP contribution >= 0.6 is 11.6 Å². The van der Waals surface area contributed by atoms with Gasteiger partial charge in [-0.1, -0.05) is 18.5 Å². The number of pyridine rings is 1. The van der Waals surface area contributed by atoms with Gasteiger partial charge in [0.15, 0.2) is 0 Å². The summed E-state index contributed by atoms with van der Waals surface area (Å²) in [5, 5.41) is 1.33. The van der Waals surface area contributed by atoms with Crippen molar-refractivity contribution in [1.29, 1.82) is 0 Å². The maximum Gasteiger partial charge on any atom is 0.266 e. The molecule has 5 nitrogen and oxygen atoms in total. The Bertz CT molecular complexity index is 716. The first-order chi connectivity index (χ1) is 10.1. The quantitative estimate of drug-likeness (QED) is 0.505. The zero-order valence-electron chi connectivity index (χ0n) is 11.8. The lowest BCUT2D eigenvalue weighted by Crippen LogP contribution is -2.36. The predicted octanol–water partition coefficient (Wildman–Crippen LogP) is 1.87.